The van der Waals surface area contributed by atoms with Crippen LogP contribution in [0.3, 0.4) is 0 Å². The fraction of sp³-hybridized carbons (Fsp3) is 0.0556. The van der Waals surface area contributed by atoms with Crippen LogP contribution < -0.4 is 10.9 Å². The van der Waals surface area contributed by atoms with Gasteiger partial charge in [0, 0.05) is 29.5 Å². The fourth-order valence-electron chi connectivity index (χ4n) is 2.93. The summed E-state index contributed by atoms with van der Waals surface area (Å²) in [5.74, 6) is -0.787. The second kappa shape index (κ2) is 5.79. The second-order valence-corrected chi connectivity index (χ2v) is 5.72. The first kappa shape index (κ1) is 14.9. The Kier molecular flexibility index (Phi) is 3.46. The minimum Gasteiger partial charge on any atom is -0.350 e. The van der Waals surface area contributed by atoms with Gasteiger partial charge in [-0.05, 0) is 12.1 Å². The molecule has 4 rings (SSSR count). The Hall–Kier alpha value is -3.61. The lowest BCUT2D eigenvalue weighted by Crippen LogP contribution is -2.41. The predicted molar refractivity (Wildman–Crippen MR) is 93.9 cm³/mol. The second-order valence-electron chi connectivity index (χ2n) is 5.72. The molecule has 0 atom stereocenters. The summed E-state index contributed by atoms with van der Waals surface area (Å²) in [7, 11) is 1.87. The standard InChI is InChI=1S/C18H15N5O2/c1-23-10-14(12-6-2-3-8-15(12)23)18(25)22-21-17(24)13-7-4-5-11-9-19-20-16(11)13/h2-10H,1H3,(H,19,20)(H,21,24)(H,22,25). The number of nitrogens with one attached hydrogen (secondary N) is 3. The zero-order valence-corrected chi connectivity index (χ0v) is 13.4. The van der Waals surface area contributed by atoms with Crippen LogP contribution in [0, 0.1) is 0 Å². The van der Waals surface area contributed by atoms with E-state index >= 15 is 0 Å². The molecule has 25 heavy (non-hydrogen) atoms. The summed E-state index contributed by atoms with van der Waals surface area (Å²) >= 11 is 0. The van der Waals surface area contributed by atoms with E-state index in [2.05, 4.69) is 21.0 Å². The fourth-order valence-corrected chi connectivity index (χ4v) is 2.93. The molecule has 124 valence electrons. The van der Waals surface area contributed by atoms with E-state index in [9.17, 15) is 9.59 Å². The Balaban J connectivity index is 1.55. The molecule has 0 unspecified atom stereocenters. The summed E-state index contributed by atoms with van der Waals surface area (Å²) in [4.78, 5) is 24.8. The minimum absolute atomic E-state index is 0.373. The lowest BCUT2D eigenvalue weighted by Gasteiger charge is -2.07. The molecule has 0 spiro atoms. The highest BCUT2D eigenvalue weighted by Gasteiger charge is 2.16. The first-order valence-corrected chi connectivity index (χ1v) is 7.72. The van der Waals surface area contributed by atoms with Gasteiger partial charge in [0.05, 0.1) is 22.8 Å². The van der Waals surface area contributed by atoms with Gasteiger partial charge in [-0.2, -0.15) is 5.10 Å². The number of nitrogens with zero attached hydrogens (tertiary/aromatic N) is 2. The number of benzene rings is 2. The molecule has 2 amide bonds. The van der Waals surface area contributed by atoms with E-state index in [0.29, 0.717) is 16.6 Å². The number of hydrogen-bond donors (Lipinski definition) is 3. The SMILES string of the molecule is Cn1cc(C(=O)NNC(=O)c2cccc3cn[nH]c23)c2ccccc21. The molecule has 2 heterocycles. The maximum Gasteiger partial charge on any atom is 0.271 e. The number of hydrogen-bond acceptors (Lipinski definition) is 3. The quantitative estimate of drug-likeness (QED) is 0.491. The highest BCUT2D eigenvalue weighted by Crippen LogP contribution is 2.20. The lowest BCUT2D eigenvalue weighted by molar-refractivity contribution is 0.0848. The van der Waals surface area contributed by atoms with E-state index in [4.69, 9.17) is 0 Å². The van der Waals surface area contributed by atoms with Crippen LogP contribution >= 0.6 is 0 Å². The Labute approximate surface area is 142 Å². The van der Waals surface area contributed by atoms with E-state index < -0.39 is 5.91 Å². The summed E-state index contributed by atoms with van der Waals surface area (Å²) < 4.78 is 1.87. The Morgan fingerprint density at radius 3 is 2.60 bits per heavy atom. The third-order valence-corrected chi connectivity index (χ3v) is 4.15. The highest BCUT2D eigenvalue weighted by molar-refractivity contribution is 6.09. The van der Waals surface area contributed by atoms with E-state index in [1.54, 1.807) is 24.5 Å². The molecule has 0 radical (unpaired) electrons. The average Bonchev–Trinajstić information content (AvgIpc) is 3.24. The van der Waals surface area contributed by atoms with Gasteiger partial charge in [-0.3, -0.25) is 25.5 Å². The van der Waals surface area contributed by atoms with Crippen molar-refractivity contribution in [3.05, 3.63) is 66.0 Å². The number of carbonyl (C=O) groups excluding carboxylic acids is 2. The van der Waals surface area contributed by atoms with E-state index in [1.807, 2.05) is 41.9 Å². The summed E-state index contributed by atoms with van der Waals surface area (Å²) in [6, 6.07) is 12.9. The van der Waals surface area contributed by atoms with Crippen LogP contribution in [-0.4, -0.2) is 26.6 Å². The smallest absolute Gasteiger partial charge is 0.271 e. The number of rotatable bonds is 2. The molecule has 3 N–H and O–H groups in total. The van der Waals surface area contributed by atoms with Crippen LogP contribution in [0.25, 0.3) is 21.8 Å². The predicted octanol–water partition coefficient (Wildman–Crippen LogP) is 2.13. The topological polar surface area (TPSA) is 91.8 Å². The third kappa shape index (κ3) is 2.51. The molecule has 7 nitrogen and oxygen atoms in total. The van der Waals surface area contributed by atoms with Gasteiger partial charge in [0.15, 0.2) is 0 Å². The van der Waals surface area contributed by atoms with Crippen molar-refractivity contribution in [3.8, 4) is 0 Å². The number of amides is 2. The first-order chi connectivity index (χ1) is 12.1. The Morgan fingerprint density at radius 2 is 1.76 bits per heavy atom. The Bertz CT molecular complexity index is 1110. The number of hydrazine groups is 1. The zero-order chi connectivity index (χ0) is 17.4. The molecule has 0 saturated carbocycles. The number of aromatic amines is 1. The van der Waals surface area contributed by atoms with Crippen molar-refractivity contribution in [2.75, 3.05) is 0 Å². The maximum absolute atomic E-state index is 12.5. The third-order valence-electron chi connectivity index (χ3n) is 4.15. The lowest BCUT2D eigenvalue weighted by atomic mass is 10.1. The molecule has 0 aliphatic carbocycles. The summed E-state index contributed by atoms with van der Waals surface area (Å²) in [6.45, 7) is 0. The molecule has 2 aromatic carbocycles. The number of para-hydroxylation sites is 2. The maximum atomic E-state index is 12.5. The summed E-state index contributed by atoms with van der Waals surface area (Å²) in [6.07, 6.45) is 3.38. The monoisotopic (exact) mass is 333 g/mol. The van der Waals surface area contributed by atoms with Crippen molar-refractivity contribution in [2.45, 2.75) is 0 Å². The van der Waals surface area contributed by atoms with Gasteiger partial charge in [0.1, 0.15) is 0 Å². The molecule has 0 aliphatic heterocycles. The van der Waals surface area contributed by atoms with Gasteiger partial charge in [-0.1, -0.05) is 30.3 Å². The van der Waals surface area contributed by atoms with Gasteiger partial charge in [0.25, 0.3) is 11.8 Å². The molecule has 2 aromatic heterocycles. The van der Waals surface area contributed by atoms with Crippen molar-refractivity contribution in [2.24, 2.45) is 7.05 Å². The number of aryl methyl sites for hydroxylation is 1. The minimum atomic E-state index is -0.413. The molecule has 0 fully saturated rings. The van der Waals surface area contributed by atoms with Crippen LogP contribution in [-0.2, 0) is 7.05 Å². The Morgan fingerprint density at radius 1 is 1.00 bits per heavy atom. The van der Waals surface area contributed by atoms with E-state index in [-0.39, 0.29) is 5.91 Å². The molecule has 0 saturated heterocycles. The zero-order valence-electron chi connectivity index (χ0n) is 13.4. The average molecular weight is 333 g/mol. The largest absolute Gasteiger partial charge is 0.350 e. The van der Waals surface area contributed by atoms with Crippen LogP contribution in [0.4, 0.5) is 0 Å². The molecular formula is C18H15N5O2. The van der Waals surface area contributed by atoms with Crippen LogP contribution in [0.2, 0.25) is 0 Å². The van der Waals surface area contributed by atoms with Gasteiger partial charge in [-0.25, -0.2) is 0 Å². The van der Waals surface area contributed by atoms with Crippen LogP contribution in [0.5, 0.6) is 0 Å². The van der Waals surface area contributed by atoms with Gasteiger partial charge in [-0.15, -0.1) is 0 Å². The normalized spacial score (nSPS) is 10.9. The molecule has 7 heteroatoms. The van der Waals surface area contributed by atoms with Crippen molar-refractivity contribution in [1.29, 1.82) is 0 Å². The van der Waals surface area contributed by atoms with Crippen molar-refractivity contribution < 1.29 is 9.59 Å². The molecular weight excluding hydrogens is 318 g/mol. The summed E-state index contributed by atoms with van der Waals surface area (Å²) in [5.41, 5.74) is 7.41. The molecule has 4 aromatic rings. The van der Waals surface area contributed by atoms with Gasteiger partial charge in [0.2, 0.25) is 0 Å². The summed E-state index contributed by atoms with van der Waals surface area (Å²) in [5, 5.41) is 8.37. The number of H-pyrrole nitrogens is 1. The van der Waals surface area contributed by atoms with E-state index in [1.165, 1.54) is 0 Å². The van der Waals surface area contributed by atoms with Gasteiger partial charge < -0.3 is 4.57 Å². The van der Waals surface area contributed by atoms with Crippen molar-refractivity contribution in [3.63, 3.8) is 0 Å². The van der Waals surface area contributed by atoms with Gasteiger partial charge >= 0.3 is 0 Å². The van der Waals surface area contributed by atoms with Crippen LogP contribution in [0.1, 0.15) is 20.7 Å². The van der Waals surface area contributed by atoms with E-state index in [0.717, 1.165) is 16.3 Å². The number of fused-ring (bicyclic) bond motifs is 2. The van der Waals surface area contributed by atoms with Crippen LogP contribution in [0.15, 0.2) is 54.9 Å². The number of carbonyl (C=O) groups is 2. The van der Waals surface area contributed by atoms with Crippen molar-refractivity contribution >= 4 is 33.6 Å². The molecule has 0 aliphatic rings. The number of aromatic nitrogens is 3. The molecule has 0 bridgehead atoms. The highest BCUT2D eigenvalue weighted by atomic mass is 16.2. The van der Waals surface area contributed by atoms with Crippen molar-refractivity contribution in [1.82, 2.24) is 25.6 Å². The first-order valence-electron chi connectivity index (χ1n) is 7.72.